The van der Waals surface area contributed by atoms with E-state index in [0.717, 1.165) is 17.5 Å². The molecule has 1 atom stereocenters. The molecule has 0 aliphatic heterocycles. The molecule has 0 fully saturated rings. The summed E-state index contributed by atoms with van der Waals surface area (Å²) in [6.07, 6.45) is 1.11. The van der Waals surface area contributed by atoms with Crippen LogP contribution in [-0.2, 0) is 27.7 Å². The fraction of sp³-hybridized carbons (Fsp3) is 0.240. The second kappa shape index (κ2) is 10.9. The maximum Gasteiger partial charge on any atom is 0.242 e. The summed E-state index contributed by atoms with van der Waals surface area (Å²) in [5.41, 5.74) is 2.62. The zero-order valence-electron chi connectivity index (χ0n) is 18.2. The summed E-state index contributed by atoms with van der Waals surface area (Å²) in [5.74, 6) is 0.160. The quantitative estimate of drug-likeness (QED) is 0.483. The Balaban J connectivity index is 1.81. The number of aryl methyl sites for hydroxylation is 1. The molecule has 0 aliphatic carbocycles. The summed E-state index contributed by atoms with van der Waals surface area (Å²) in [6, 6.07) is 22.0. The number of sulfonamides is 1. The van der Waals surface area contributed by atoms with Crippen LogP contribution in [-0.4, -0.2) is 27.0 Å². The Hall–Kier alpha value is -3.16. The van der Waals surface area contributed by atoms with Crippen molar-refractivity contribution in [2.75, 3.05) is 11.9 Å². The van der Waals surface area contributed by atoms with E-state index in [-0.39, 0.29) is 11.3 Å². The second-order valence-electron chi connectivity index (χ2n) is 7.31. The Morgan fingerprint density at radius 3 is 2.12 bits per heavy atom. The molecule has 0 saturated heterocycles. The van der Waals surface area contributed by atoms with Gasteiger partial charge in [-0.2, -0.15) is 4.72 Å². The number of rotatable bonds is 10. The van der Waals surface area contributed by atoms with Crippen LogP contribution in [0.2, 0.25) is 0 Å². The number of anilines is 1. The molecule has 168 valence electrons. The molecule has 0 aliphatic rings. The Kier molecular flexibility index (Phi) is 8.03. The molecule has 0 heterocycles. The van der Waals surface area contributed by atoms with Gasteiger partial charge in [0, 0.05) is 5.69 Å². The number of carbonyl (C=O) groups excluding carboxylic acids is 1. The number of hydrogen-bond acceptors (Lipinski definition) is 4. The molecule has 0 saturated carbocycles. The molecule has 1 amide bonds. The SMILES string of the molecule is CCOc1ccc(S(=O)(=O)N[C@@H](Cc2ccccc2)C(=O)Nc2ccc(CC)cc2)cc1. The minimum atomic E-state index is -3.93. The standard InChI is InChI=1S/C25H28N2O4S/c1-3-19-10-12-21(13-11-19)26-25(28)24(18-20-8-6-5-7-9-20)27-32(29,30)23-16-14-22(15-17-23)31-4-2/h5-17,24,27H,3-4,18H2,1-2H3,(H,26,28)/t24-/m0/s1. The van der Waals surface area contributed by atoms with E-state index >= 15 is 0 Å². The maximum absolute atomic E-state index is 13.1. The molecular weight excluding hydrogens is 424 g/mol. The van der Waals surface area contributed by atoms with Gasteiger partial charge in [0.25, 0.3) is 0 Å². The summed E-state index contributed by atoms with van der Waals surface area (Å²) in [7, 11) is -3.93. The van der Waals surface area contributed by atoms with Gasteiger partial charge in [0.1, 0.15) is 11.8 Å². The van der Waals surface area contributed by atoms with Gasteiger partial charge in [-0.3, -0.25) is 4.79 Å². The lowest BCUT2D eigenvalue weighted by molar-refractivity contribution is -0.117. The van der Waals surface area contributed by atoms with E-state index in [4.69, 9.17) is 4.74 Å². The molecule has 2 N–H and O–H groups in total. The van der Waals surface area contributed by atoms with E-state index in [1.807, 2.05) is 61.5 Å². The Morgan fingerprint density at radius 2 is 1.53 bits per heavy atom. The van der Waals surface area contributed by atoms with E-state index in [0.29, 0.717) is 18.0 Å². The lowest BCUT2D eigenvalue weighted by Crippen LogP contribution is -2.45. The molecule has 0 aromatic heterocycles. The van der Waals surface area contributed by atoms with E-state index in [2.05, 4.69) is 17.0 Å². The number of carbonyl (C=O) groups is 1. The Morgan fingerprint density at radius 1 is 0.875 bits per heavy atom. The highest BCUT2D eigenvalue weighted by atomic mass is 32.2. The summed E-state index contributed by atoms with van der Waals surface area (Å²) in [4.78, 5) is 13.1. The number of ether oxygens (including phenoxy) is 1. The molecule has 3 rings (SSSR count). The molecule has 3 aromatic carbocycles. The van der Waals surface area contributed by atoms with Crippen molar-refractivity contribution in [2.24, 2.45) is 0 Å². The maximum atomic E-state index is 13.1. The van der Waals surface area contributed by atoms with Crippen molar-refractivity contribution in [3.05, 3.63) is 90.0 Å². The number of amides is 1. The van der Waals surface area contributed by atoms with Crippen LogP contribution in [0.25, 0.3) is 0 Å². The fourth-order valence-corrected chi connectivity index (χ4v) is 4.42. The predicted octanol–water partition coefficient (Wildman–Crippen LogP) is 4.18. The third kappa shape index (κ3) is 6.42. The first-order chi connectivity index (χ1) is 15.4. The van der Waals surface area contributed by atoms with Gasteiger partial charge in [-0.25, -0.2) is 8.42 Å². The van der Waals surface area contributed by atoms with E-state index in [1.165, 1.54) is 12.1 Å². The van der Waals surface area contributed by atoms with Crippen molar-refractivity contribution < 1.29 is 17.9 Å². The Labute approximate surface area is 189 Å². The monoisotopic (exact) mass is 452 g/mol. The average Bonchev–Trinajstić information content (AvgIpc) is 2.80. The molecule has 0 spiro atoms. The molecule has 0 radical (unpaired) electrons. The first-order valence-electron chi connectivity index (χ1n) is 10.6. The van der Waals surface area contributed by atoms with Crippen LogP contribution in [0.4, 0.5) is 5.69 Å². The molecule has 3 aromatic rings. The highest BCUT2D eigenvalue weighted by molar-refractivity contribution is 7.89. The minimum Gasteiger partial charge on any atom is -0.494 e. The topological polar surface area (TPSA) is 84.5 Å². The van der Waals surface area contributed by atoms with Gasteiger partial charge in [0.15, 0.2) is 0 Å². The largest absolute Gasteiger partial charge is 0.494 e. The van der Waals surface area contributed by atoms with Crippen molar-refractivity contribution in [3.8, 4) is 5.75 Å². The van der Waals surface area contributed by atoms with Gasteiger partial charge in [-0.05, 0) is 67.3 Å². The van der Waals surface area contributed by atoms with E-state index in [9.17, 15) is 13.2 Å². The van der Waals surface area contributed by atoms with Crippen molar-refractivity contribution >= 4 is 21.6 Å². The molecule has 7 heteroatoms. The van der Waals surface area contributed by atoms with Gasteiger partial charge >= 0.3 is 0 Å². The molecule has 6 nitrogen and oxygen atoms in total. The molecule has 32 heavy (non-hydrogen) atoms. The highest BCUT2D eigenvalue weighted by Gasteiger charge is 2.26. The summed E-state index contributed by atoms with van der Waals surface area (Å²) in [6.45, 7) is 4.40. The second-order valence-corrected chi connectivity index (χ2v) is 9.02. The normalized spacial score (nSPS) is 12.2. The van der Waals surface area contributed by atoms with Crippen LogP contribution >= 0.6 is 0 Å². The van der Waals surface area contributed by atoms with E-state index in [1.54, 1.807) is 12.1 Å². The van der Waals surface area contributed by atoms with Crippen LogP contribution in [0.1, 0.15) is 25.0 Å². The molecule has 0 unspecified atom stereocenters. The van der Waals surface area contributed by atoms with Crippen molar-refractivity contribution in [1.82, 2.24) is 4.72 Å². The number of nitrogens with one attached hydrogen (secondary N) is 2. The summed E-state index contributed by atoms with van der Waals surface area (Å²) >= 11 is 0. The van der Waals surface area contributed by atoms with Crippen molar-refractivity contribution in [1.29, 1.82) is 0 Å². The van der Waals surface area contributed by atoms with Gasteiger partial charge in [0.05, 0.1) is 11.5 Å². The van der Waals surface area contributed by atoms with E-state index < -0.39 is 22.0 Å². The van der Waals surface area contributed by atoms with Gasteiger partial charge in [-0.1, -0.05) is 49.4 Å². The zero-order chi connectivity index (χ0) is 23.0. The van der Waals surface area contributed by atoms with Crippen molar-refractivity contribution in [2.45, 2.75) is 37.6 Å². The first kappa shape index (κ1) is 23.5. The van der Waals surface area contributed by atoms with Crippen LogP contribution in [0.3, 0.4) is 0 Å². The van der Waals surface area contributed by atoms with Crippen LogP contribution in [0.5, 0.6) is 5.75 Å². The molecule has 0 bridgehead atoms. The minimum absolute atomic E-state index is 0.0686. The van der Waals surface area contributed by atoms with Gasteiger partial charge in [0.2, 0.25) is 15.9 Å². The smallest absolute Gasteiger partial charge is 0.242 e. The number of benzene rings is 3. The summed E-state index contributed by atoms with van der Waals surface area (Å²) < 4.78 is 34.0. The Bertz CT molecular complexity index is 1110. The zero-order valence-corrected chi connectivity index (χ0v) is 19.1. The fourth-order valence-electron chi connectivity index (χ4n) is 3.23. The first-order valence-corrected chi connectivity index (χ1v) is 12.1. The van der Waals surface area contributed by atoms with Crippen LogP contribution in [0, 0.1) is 0 Å². The number of hydrogen-bond donors (Lipinski definition) is 2. The van der Waals surface area contributed by atoms with Crippen LogP contribution < -0.4 is 14.8 Å². The third-order valence-corrected chi connectivity index (χ3v) is 6.46. The molecular formula is C25H28N2O4S. The summed E-state index contributed by atoms with van der Waals surface area (Å²) in [5, 5.41) is 2.83. The lowest BCUT2D eigenvalue weighted by atomic mass is 10.1. The third-order valence-electron chi connectivity index (χ3n) is 4.97. The van der Waals surface area contributed by atoms with Gasteiger partial charge < -0.3 is 10.1 Å². The van der Waals surface area contributed by atoms with Crippen molar-refractivity contribution in [3.63, 3.8) is 0 Å². The average molecular weight is 453 g/mol. The van der Waals surface area contributed by atoms with Crippen LogP contribution in [0.15, 0.2) is 83.8 Å². The highest BCUT2D eigenvalue weighted by Crippen LogP contribution is 2.18. The lowest BCUT2D eigenvalue weighted by Gasteiger charge is -2.19. The van der Waals surface area contributed by atoms with Gasteiger partial charge in [-0.15, -0.1) is 0 Å². The predicted molar refractivity (Wildman–Crippen MR) is 126 cm³/mol.